The molecule has 0 aliphatic heterocycles. The fourth-order valence-corrected chi connectivity index (χ4v) is 1.70. The number of nitro groups is 1. The van der Waals surface area contributed by atoms with Gasteiger partial charge in [0.1, 0.15) is 5.82 Å². The summed E-state index contributed by atoms with van der Waals surface area (Å²) in [5.41, 5.74) is -0.495. The van der Waals surface area contributed by atoms with Crippen LogP contribution in [0.1, 0.15) is 5.56 Å². The molecule has 1 aromatic rings. The first-order chi connectivity index (χ1) is 9.21. The van der Waals surface area contributed by atoms with Crippen molar-refractivity contribution in [3.8, 4) is 0 Å². The van der Waals surface area contributed by atoms with E-state index in [-0.39, 0.29) is 18.7 Å². The van der Waals surface area contributed by atoms with Crippen LogP contribution >= 0.6 is 0 Å². The third kappa shape index (κ3) is 5.49. The smallest absolute Gasteiger partial charge is 0.395 e. The van der Waals surface area contributed by atoms with Crippen molar-refractivity contribution >= 4 is 5.69 Å². The van der Waals surface area contributed by atoms with Gasteiger partial charge in [0.2, 0.25) is 0 Å². The number of nitro benzene ring substituents is 1. The quantitative estimate of drug-likeness (QED) is 0.496. The lowest BCUT2D eigenvalue weighted by Crippen LogP contribution is -2.35. The molecule has 112 valence electrons. The Morgan fingerprint density at radius 2 is 1.95 bits per heavy atom. The van der Waals surface area contributed by atoms with Gasteiger partial charge in [-0.25, -0.2) is 4.39 Å². The second kappa shape index (κ2) is 6.62. The van der Waals surface area contributed by atoms with Gasteiger partial charge in [0.25, 0.3) is 5.69 Å². The number of hydrogen-bond donors (Lipinski definition) is 1. The maximum atomic E-state index is 13.2. The summed E-state index contributed by atoms with van der Waals surface area (Å²) < 4.78 is 50.1. The van der Waals surface area contributed by atoms with Crippen molar-refractivity contribution in [2.75, 3.05) is 19.7 Å². The predicted octanol–water partition coefficient (Wildman–Crippen LogP) is 2.09. The van der Waals surface area contributed by atoms with Crippen LogP contribution < -0.4 is 0 Å². The first kappa shape index (κ1) is 16.3. The monoisotopic (exact) mass is 296 g/mol. The molecule has 0 unspecified atom stereocenters. The molecule has 0 spiro atoms. The van der Waals surface area contributed by atoms with Crippen molar-refractivity contribution in [2.24, 2.45) is 0 Å². The maximum absolute atomic E-state index is 13.2. The minimum absolute atomic E-state index is 0.0365. The summed E-state index contributed by atoms with van der Waals surface area (Å²) in [4.78, 5) is 10.6. The first-order valence-corrected chi connectivity index (χ1v) is 5.55. The van der Waals surface area contributed by atoms with E-state index < -0.39 is 35.8 Å². The zero-order valence-corrected chi connectivity index (χ0v) is 10.2. The predicted molar refractivity (Wildman–Crippen MR) is 61.5 cm³/mol. The maximum Gasteiger partial charge on any atom is 0.401 e. The summed E-state index contributed by atoms with van der Waals surface area (Å²) in [5, 5.41) is 19.3. The van der Waals surface area contributed by atoms with E-state index in [1.807, 2.05) is 0 Å². The van der Waals surface area contributed by atoms with Crippen molar-refractivity contribution in [3.05, 3.63) is 39.7 Å². The zero-order chi connectivity index (χ0) is 15.3. The van der Waals surface area contributed by atoms with Crippen LogP contribution in [0.2, 0.25) is 0 Å². The van der Waals surface area contributed by atoms with Gasteiger partial charge < -0.3 is 5.11 Å². The average Bonchev–Trinajstić information content (AvgIpc) is 2.25. The number of nitrogens with zero attached hydrogens (tertiary/aromatic N) is 2. The van der Waals surface area contributed by atoms with E-state index in [0.717, 1.165) is 17.0 Å². The standard InChI is InChI=1S/C11H12F4N2O3/c12-9-3-8(4-10(5-9)17(19)20)6-16(1-2-18)7-11(13,14)15/h3-5,18H,1-2,6-7H2. The Morgan fingerprint density at radius 3 is 2.45 bits per heavy atom. The van der Waals surface area contributed by atoms with E-state index in [1.54, 1.807) is 0 Å². The Kier molecular flexibility index (Phi) is 5.40. The van der Waals surface area contributed by atoms with Crippen LogP contribution in [0.25, 0.3) is 0 Å². The number of halogens is 4. The topological polar surface area (TPSA) is 66.6 Å². The highest BCUT2D eigenvalue weighted by molar-refractivity contribution is 5.35. The lowest BCUT2D eigenvalue weighted by molar-refractivity contribution is -0.385. The third-order valence-electron chi connectivity index (χ3n) is 2.38. The fourth-order valence-electron chi connectivity index (χ4n) is 1.70. The first-order valence-electron chi connectivity index (χ1n) is 5.55. The molecule has 0 bridgehead atoms. The third-order valence-corrected chi connectivity index (χ3v) is 2.38. The highest BCUT2D eigenvalue weighted by atomic mass is 19.4. The Balaban J connectivity index is 2.90. The summed E-state index contributed by atoms with van der Waals surface area (Å²) >= 11 is 0. The van der Waals surface area contributed by atoms with Crippen LogP contribution in [-0.2, 0) is 6.54 Å². The van der Waals surface area contributed by atoms with Gasteiger partial charge in [-0.2, -0.15) is 13.2 Å². The van der Waals surface area contributed by atoms with Crippen LogP contribution in [0.4, 0.5) is 23.2 Å². The molecule has 9 heteroatoms. The molecule has 0 atom stereocenters. The summed E-state index contributed by atoms with van der Waals surface area (Å²) in [6, 6.07) is 2.61. The van der Waals surface area contributed by atoms with Crippen molar-refractivity contribution in [1.29, 1.82) is 0 Å². The molecular weight excluding hydrogens is 284 g/mol. The number of hydrogen-bond acceptors (Lipinski definition) is 4. The van der Waals surface area contributed by atoms with Gasteiger partial charge in [0, 0.05) is 19.2 Å². The Morgan fingerprint density at radius 1 is 1.30 bits per heavy atom. The number of non-ortho nitro benzene ring substituents is 1. The lowest BCUT2D eigenvalue weighted by Gasteiger charge is -2.22. The molecule has 0 saturated carbocycles. The average molecular weight is 296 g/mol. The highest BCUT2D eigenvalue weighted by Gasteiger charge is 2.30. The molecule has 0 fully saturated rings. The van der Waals surface area contributed by atoms with Gasteiger partial charge in [-0.1, -0.05) is 0 Å². The molecular formula is C11H12F4N2O3. The van der Waals surface area contributed by atoms with Crippen LogP contribution in [-0.4, -0.2) is 40.8 Å². The Hall–Kier alpha value is -1.74. The second-order valence-corrected chi connectivity index (χ2v) is 4.12. The molecule has 0 aliphatic carbocycles. The molecule has 0 saturated heterocycles. The largest absolute Gasteiger partial charge is 0.401 e. The van der Waals surface area contributed by atoms with Gasteiger partial charge in [-0.15, -0.1) is 0 Å². The molecule has 1 rings (SSSR count). The molecule has 0 aromatic heterocycles. The van der Waals surface area contributed by atoms with Gasteiger partial charge in [-0.3, -0.25) is 15.0 Å². The van der Waals surface area contributed by atoms with Gasteiger partial charge in [0.05, 0.1) is 24.1 Å². The molecule has 0 heterocycles. The minimum atomic E-state index is -4.48. The summed E-state index contributed by atoms with van der Waals surface area (Å²) in [6.45, 7) is -2.42. The lowest BCUT2D eigenvalue weighted by atomic mass is 10.2. The minimum Gasteiger partial charge on any atom is -0.395 e. The number of rotatable bonds is 6. The summed E-state index contributed by atoms with van der Waals surface area (Å²) in [6.07, 6.45) is -4.48. The zero-order valence-electron chi connectivity index (χ0n) is 10.2. The molecule has 5 nitrogen and oxygen atoms in total. The molecule has 1 N–H and O–H groups in total. The molecule has 1 aromatic carbocycles. The van der Waals surface area contributed by atoms with E-state index in [4.69, 9.17) is 5.11 Å². The van der Waals surface area contributed by atoms with Crippen LogP contribution in [0.3, 0.4) is 0 Å². The fraction of sp³-hybridized carbons (Fsp3) is 0.455. The summed E-state index contributed by atoms with van der Waals surface area (Å²) in [5.74, 6) is -0.898. The Bertz CT molecular complexity index is 479. The molecule has 0 radical (unpaired) electrons. The van der Waals surface area contributed by atoms with Gasteiger partial charge in [0.15, 0.2) is 0 Å². The number of aliphatic hydroxyl groups is 1. The number of aliphatic hydroxyl groups excluding tert-OH is 1. The molecule has 0 amide bonds. The van der Waals surface area contributed by atoms with E-state index in [9.17, 15) is 27.7 Å². The van der Waals surface area contributed by atoms with Gasteiger partial charge in [-0.05, 0) is 11.6 Å². The van der Waals surface area contributed by atoms with E-state index in [2.05, 4.69) is 0 Å². The second-order valence-electron chi connectivity index (χ2n) is 4.12. The Labute approximate surface area is 111 Å². The number of alkyl halides is 3. The van der Waals surface area contributed by atoms with E-state index >= 15 is 0 Å². The van der Waals surface area contributed by atoms with Crippen LogP contribution in [0.15, 0.2) is 18.2 Å². The van der Waals surface area contributed by atoms with E-state index in [1.165, 1.54) is 0 Å². The molecule has 20 heavy (non-hydrogen) atoms. The SMILES string of the molecule is O=[N+]([O-])c1cc(F)cc(CN(CCO)CC(F)(F)F)c1. The van der Waals surface area contributed by atoms with Crippen molar-refractivity contribution < 1.29 is 27.6 Å². The van der Waals surface area contributed by atoms with Crippen LogP contribution in [0, 0.1) is 15.9 Å². The number of benzene rings is 1. The highest BCUT2D eigenvalue weighted by Crippen LogP contribution is 2.21. The van der Waals surface area contributed by atoms with Crippen molar-refractivity contribution in [3.63, 3.8) is 0 Å². The molecule has 0 aliphatic rings. The normalized spacial score (nSPS) is 11.9. The van der Waals surface area contributed by atoms with Crippen LogP contribution in [0.5, 0.6) is 0 Å². The van der Waals surface area contributed by atoms with Crippen molar-refractivity contribution in [2.45, 2.75) is 12.7 Å². The van der Waals surface area contributed by atoms with Gasteiger partial charge >= 0.3 is 6.18 Å². The van der Waals surface area contributed by atoms with Crippen molar-refractivity contribution in [1.82, 2.24) is 4.90 Å². The van der Waals surface area contributed by atoms with E-state index in [0.29, 0.717) is 6.07 Å². The summed E-state index contributed by atoms with van der Waals surface area (Å²) in [7, 11) is 0.